The van der Waals surface area contributed by atoms with Gasteiger partial charge in [0, 0.05) is 9.36 Å². The first-order valence-corrected chi connectivity index (χ1v) is 9.87. The van der Waals surface area contributed by atoms with Crippen molar-refractivity contribution >= 4 is 44.3 Å². The monoisotopic (exact) mass is 402 g/mol. The Bertz CT molecular complexity index is 812. The van der Waals surface area contributed by atoms with E-state index in [1.165, 1.54) is 16.9 Å². The molecule has 2 heterocycles. The van der Waals surface area contributed by atoms with Crippen LogP contribution in [0.2, 0.25) is 0 Å². The average Bonchev–Trinajstić information content (AvgIpc) is 2.93. The Morgan fingerprint density at radius 2 is 2.08 bits per heavy atom. The number of nitrogens with one attached hydrogen (secondary N) is 2. The molecular formula is C19H19BrN2OS. The van der Waals surface area contributed by atoms with Gasteiger partial charge in [0.2, 0.25) is 0 Å². The maximum absolute atomic E-state index is 12.7. The Labute approximate surface area is 154 Å². The molecule has 24 heavy (non-hydrogen) atoms. The lowest BCUT2D eigenvalue weighted by Gasteiger charge is -2.26. The van der Waals surface area contributed by atoms with Crippen molar-refractivity contribution in [3.8, 4) is 0 Å². The number of fused-ring (bicyclic) bond motifs is 3. The van der Waals surface area contributed by atoms with Crippen LogP contribution in [0.5, 0.6) is 0 Å². The van der Waals surface area contributed by atoms with E-state index in [4.69, 9.17) is 0 Å². The molecule has 0 fully saturated rings. The lowest BCUT2D eigenvalue weighted by atomic mass is 9.88. The van der Waals surface area contributed by atoms with E-state index in [0.29, 0.717) is 5.92 Å². The number of rotatable bonds is 2. The van der Waals surface area contributed by atoms with Crippen LogP contribution in [0.25, 0.3) is 6.08 Å². The maximum atomic E-state index is 12.7. The van der Waals surface area contributed by atoms with Crippen molar-refractivity contribution in [2.75, 3.05) is 5.32 Å². The minimum Gasteiger partial charge on any atom is -0.352 e. The second kappa shape index (κ2) is 6.37. The minimum atomic E-state index is -0.220. The highest BCUT2D eigenvalue weighted by atomic mass is 79.9. The van der Waals surface area contributed by atoms with E-state index in [9.17, 15) is 4.79 Å². The number of hydrogen-bond donors (Lipinski definition) is 2. The van der Waals surface area contributed by atoms with Crippen LogP contribution in [0.15, 0.2) is 34.8 Å². The van der Waals surface area contributed by atoms with Gasteiger partial charge in [-0.15, -0.1) is 11.3 Å². The van der Waals surface area contributed by atoms with Crippen molar-refractivity contribution < 1.29 is 4.79 Å². The highest BCUT2D eigenvalue weighted by Gasteiger charge is 2.33. The summed E-state index contributed by atoms with van der Waals surface area (Å²) in [5.74, 6) is 0.750. The van der Waals surface area contributed by atoms with Crippen molar-refractivity contribution in [2.24, 2.45) is 5.92 Å². The van der Waals surface area contributed by atoms with Crippen LogP contribution in [-0.4, -0.2) is 12.1 Å². The van der Waals surface area contributed by atoms with Crippen LogP contribution in [-0.2, 0) is 12.8 Å². The minimum absolute atomic E-state index is 0.0409. The van der Waals surface area contributed by atoms with Gasteiger partial charge >= 0.3 is 0 Å². The van der Waals surface area contributed by atoms with E-state index in [-0.39, 0.29) is 12.1 Å². The molecule has 0 saturated carbocycles. The third-order valence-corrected chi connectivity index (χ3v) is 6.54. The highest BCUT2D eigenvalue weighted by Crippen LogP contribution is 2.41. The number of thiophene rings is 1. The van der Waals surface area contributed by atoms with Crippen molar-refractivity contribution in [3.05, 3.63) is 56.4 Å². The summed E-state index contributed by atoms with van der Waals surface area (Å²) in [6, 6.07) is 10.1. The normalized spacial score (nSPS) is 23.1. The molecule has 0 saturated heterocycles. The van der Waals surface area contributed by atoms with E-state index in [2.05, 4.69) is 33.5 Å². The number of carbonyl (C=O) groups is 1. The van der Waals surface area contributed by atoms with Crippen molar-refractivity contribution in [2.45, 2.75) is 32.4 Å². The Morgan fingerprint density at radius 1 is 1.29 bits per heavy atom. The molecular weight excluding hydrogens is 384 g/mol. The Balaban J connectivity index is 1.63. The first-order chi connectivity index (χ1) is 11.6. The van der Waals surface area contributed by atoms with Gasteiger partial charge in [-0.2, -0.15) is 0 Å². The molecule has 124 valence electrons. The van der Waals surface area contributed by atoms with Gasteiger partial charge in [0.1, 0.15) is 11.2 Å². The first kappa shape index (κ1) is 15.9. The van der Waals surface area contributed by atoms with Gasteiger partial charge in [-0.3, -0.25) is 4.79 Å². The van der Waals surface area contributed by atoms with E-state index >= 15 is 0 Å². The topological polar surface area (TPSA) is 41.1 Å². The smallest absolute Gasteiger partial charge is 0.256 e. The molecule has 1 aromatic carbocycles. The van der Waals surface area contributed by atoms with Gasteiger partial charge in [0.15, 0.2) is 0 Å². The van der Waals surface area contributed by atoms with Crippen LogP contribution in [0.3, 0.4) is 0 Å². The molecule has 5 heteroatoms. The molecule has 1 aliphatic carbocycles. The Morgan fingerprint density at radius 3 is 2.88 bits per heavy atom. The van der Waals surface area contributed by atoms with Gasteiger partial charge < -0.3 is 10.6 Å². The fourth-order valence-electron chi connectivity index (χ4n) is 3.39. The van der Waals surface area contributed by atoms with Gasteiger partial charge in [-0.05, 0) is 42.4 Å². The largest absolute Gasteiger partial charge is 0.352 e. The summed E-state index contributed by atoms with van der Waals surface area (Å²) >= 11 is 5.38. The van der Waals surface area contributed by atoms with Crippen LogP contribution in [0.1, 0.15) is 39.7 Å². The third-order valence-electron chi connectivity index (χ3n) is 4.67. The van der Waals surface area contributed by atoms with Crippen LogP contribution < -0.4 is 10.6 Å². The van der Waals surface area contributed by atoms with E-state index in [0.717, 1.165) is 33.5 Å². The predicted molar refractivity (Wildman–Crippen MR) is 104 cm³/mol. The lowest BCUT2D eigenvalue weighted by Crippen LogP contribution is -2.45. The molecule has 0 radical (unpaired) electrons. The quantitative estimate of drug-likeness (QED) is 0.757. The molecule has 4 rings (SSSR count). The zero-order chi connectivity index (χ0) is 16.7. The van der Waals surface area contributed by atoms with Gasteiger partial charge in [-0.25, -0.2) is 0 Å². The van der Waals surface area contributed by atoms with Gasteiger partial charge in [-0.1, -0.05) is 53.2 Å². The number of anilines is 1. The number of benzene rings is 1. The fraction of sp³-hybridized carbons (Fsp3) is 0.316. The van der Waals surface area contributed by atoms with Crippen LogP contribution in [0.4, 0.5) is 5.00 Å². The summed E-state index contributed by atoms with van der Waals surface area (Å²) in [4.78, 5) is 14.1. The van der Waals surface area contributed by atoms with Gasteiger partial charge in [0.05, 0.1) is 5.56 Å². The molecule has 1 aromatic heterocycles. The highest BCUT2D eigenvalue weighted by molar-refractivity contribution is 9.11. The molecule has 2 N–H and O–H groups in total. The summed E-state index contributed by atoms with van der Waals surface area (Å²) in [7, 11) is 0. The molecule has 1 amide bonds. The number of halogens is 1. The molecule has 2 aromatic rings. The van der Waals surface area contributed by atoms with Gasteiger partial charge in [0.25, 0.3) is 5.91 Å². The average molecular weight is 403 g/mol. The summed E-state index contributed by atoms with van der Waals surface area (Å²) in [5, 5.41) is 7.59. The zero-order valence-electron chi connectivity index (χ0n) is 13.4. The van der Waals surface area contributed by atoms with E-state index in [1.807, 2.05) is 36.4 Å². The van der Waals surface area contributed by atoms with E-state index < -0.39 is 0 Å². The first-order valence-electron chi connectivity index (χ1n) is 8.26. The number of carbonyl (C=O) groups excluding carboxylic acids is 1. The molecule has 1 aliphatic heterocycles. The number of hydrogen-bond acceptors (Lipinski definition) is 3. The summed E-state index contributed by atoms with van der Waals surface area (Å²) in [6.07, 6.45) is 5.10. The third kappa shape index (κ3) is 2.91. The summed E-state index contributed by atoms with van der Waals surface area (Å²) < 4.78 is 0.924. The molecule has 2 aliphatic rings. The molecule has 2 atom stereocenters. The van der Waals surface area contributed by atoms with Crippen molar-refractivity contribution in [1.82, 2.24) is 5.32 Å². The maximum Gasteiger partial charge on any atom is 0.256 e. The Kier molecular flexibility index (Phi) is 4.22. The van der Waals surface area contributed by atoms with Crippen LogP contribution >= 0.6 is 27.3 Å². The molecule has 3 nitrogen and oxygen atoms in total. The van der Waals surface area contributed by atoms with Crippen molar-refractivity contribution in [1.29, 1.82) is 0 Å². The number of amides is 1. The SMILES string of the molecule is C[C@@H]1CCc2c(sc3c2C(=O)N[C@H](/C(Br)=C/c2ccccc2)N3)C1. The van der Waals surface area contributed by atoms with Crippen molar-refractivity contribution in [3.63, 3.8) is 0 Å². The van der Waals surface area contributed by atoms with E-state index in [1.54, 1.807) is 11.3 Å². The summed E-state index contributed by atoms with van der Waals surface area (Å²) in [6.45, 7) is 2.29. The van der Waals surface area contributed by atoms with Crippen LogP contribution in [0, 0.1) is 5.92 Å². The predicted octanol–water partition coefficient (Wildman–Crippen LogP) is 4.79. The second-order valence-corrected chi connectivity index (χ2v) is 8.57. The molecule has 0 spiro atoms. The second-order valence-electron chi connectivity index (χ2n) is 6.55. The molecule has 0 bridgehead atoms. The lowest BCUT2D eigenvalue weighted by molar-refractivity contribution is 0.0942. The summed E-state index contributed by atoms with van der Waals surface area (Å²) in [5.41, 5.74) is 3.24. The zero-order valence-corrected chi connectivity index (χ0v) is 15.8. The molecule has 0 unspecified atom stereocenters. The standard InChI is InChI=1S/C19H19BrN2OS/c1-11-7-8-13-15(9-11)24-19-16(13)18(23)21-17(22-19)14(20)10-12-5-3-2-4-6-12/h2-6,10-11,17,22H,7-9H2,1H3,(H,21,23)/b14-10-/t11-,17+/m1/s1. The Hall–Kier alpha value is -1.59. The fourth-order valence-corrected chi connectivity index (χ4v) is 5.32.